The molecule has 53 heavy (non-hydrogen) atoms. The number of nitriles is 1. The molecule has 1 saturated heterocycles. The van der Waals surface area contributed by atoms with Crippen molar-refractivity contribution in [3.63, 3.8) is 0 Å². The van der Waals surface area contributed by atoms with Gasteiger partial charge in [-0.1, -0.05) is 12.1 Å². The van der Waals surface area contributed by atoms with E-state index in [0.29, 0.717) is 46.5 Å². The zero-order chi connectivity index (χ0) is 37.4. The lowest BCUT2D eigenvalue weighted by Crippen LogP contribution is -2.54. The van der Waals surface area contributed by atoms with E-state index in [9.17, 15) is 29.2 Å². The van der Waals surface area contributed by atoms with Crippen molar-refractivity contribution >= 4 is 46.3 Å². The number of ether oxygens (including phenoxy) is 1. The Morgan fingerprint density at radius 1 is 1.11 bits per heavy atom. The summed E-state index contributed by atoms with van der Waals surface area (Å²) in [5, 5.41) is 22.4. The first kappa shape index (κ1) is 35.3. The summed E-state index contributed by atoms with van der Waals surface area (Å²) in [6.07, 6.45) is 5.59. The number of pyridine rings is 2. The predicted octanol–water partition coefficient (Wildman–Crippen LogP) is 3.16. The van der Waals surface area contributed by atoms with E-state index < -0.39 is 47.4 Å². The predicted molar refractivity (Wildman–Crippen MR) is 187 cm³/mol. The quantitative estimate of drug-likeness (QED) is 0.135. The average molecular weight is 722 g/mol. The van der Waals surface area contributed by atoms with Crippen molar-refractivity contribution in [2.24, 2.45) is 0 Å². The lowest BCUT2D eigenvalue weighted by atomic mass is 9.99. The minimum absolute atomic E-state index is 0.0293. The van der Waals surface area contributed by atoms with Gasteiger partial charge in [0.25, 0.3) is 17.7 Å². The number of aryl methyl sites for hydroxylation is 1. The number of nitrogens with zero attached hydrogens (tertiary/aromatic N) is 6. The Morgan fingerprint density at radius 2 is 1.92 bits per heavy atom. The molecule has 5 amide bonds. The maximum Gasteiger partial charge on any atom is 0.262 e. The van der Waals surface area contributed by atoms with Gasteiger partial charge in [0.15, 0.2) is 11.5 Å². The first-order chi connectivity index (χ1) is 25.4. The molecule has 1 aliphatic carbocycles. The molecule has 3 aliphatic rings. The molecule has 272 valence electrons. The molecule has 2 fully saturated rings. The summed E-state index contributed by atoms with van der Waals surface area (Å²) in [6.45, 7) is 2.97. The van der Waals surface area contributed by atoms with Gasteiger partial charge < -0.3 is 15.4 Å². The number of benzene rings is 1. The van der Waals surface area contributed by atoms with Crippen LogP contribution in [0.25, 0.3) is 16.9 Å². The molecule has 1 saturated carbocycles. The number of alkyl halides is 1. The van der Waals surface area contributed by atoms with Crippen molar-refractivity contribution in [3.8, 4) is 11.9 Å². The molecule has 2 unspecified atom stereocenters. The number of nitrogens with one attached hydrogen (secondary N) is 3. The summed E-state index contributed by atoms with van der Waals surface area (Å²) < 4.78 is 23.0. The number of fused-ring (bicyclic) bond motifs is 2. The van der Waals surface area contributed by atoms with E-state index in [-0.39, 0.29) is 48.7 Å². The van der Waals surface area contributed by atoms with Gasteiger partial charge in [0, 0.05) is 42.9 Å². The Kier molecular flexibility index (Phi) is 9.43. The van der Waals surface area contributed by atoms with Crippen LogP contribution in [0.1, 0.15) is 88.2 Å². The normalized spacial score (nSPS) is 17.8. The van der Waals surface area contributed by atoms with E-state index in [1.54, 1.807) is 44.3 Å². The topological polar surface area (TPSA) is 201 Å². The van der Waals surface area contributed by atoms with Gasteiger partial charge in [0.1, 0.15) is 18.3 Å². The van der Waals surface area contributed by atoms with Crippen LogP contribution >= 0.6 is 0 Å². The van der Waals surface area contributed by atoms with Crippen LogP contribution in [-0.4, -0.2) is 91.2 Å². The average Bonchev–Trinajstić information content (AvgIpc) is 3.80. The van der Waals surface area contributed by atoms with E-state index in [4.69, 9.17) is 4.74 Å². The molecular formula is C37H36FN9O6. The molecule has 5 heterocycles. The molecule has 2 aliphatic heterocycles. The number of imide groups is 2. The SMILES string of the molecule is CC(C)(OCCCc1cccc2c1C(=O)N(C1CCC(=O)NC1=O)C2=O)C(F)CNC(=O)c1cnc(-n2ncc3cc(C#N)cnc32)cc1NC1CC1. The van der Waals surface area contributed by atoms with Crippen LogP contribution in [0.5, 0.6) is 0 Å². The summed E-state index contributed by atoms with van der Waals surface area (Å²) in [5.74, 6) is -2.39. The van der Waals surface area contributed by atoms with Crippen molar-refractivity contribution in [3.05, 3.63) is 76.7 Å². The summed E-state index contributed by atoms with van der Waals surface area (Å²) in [7, 11) is 0. The highest BCUT2D eigenvalue weighted by Gasteiger charge is 2.45. The van der Waals surface area contributed by atoms with Gasteiger partial charge >= 0.3 is 0 Å². The maximum absolute atomic E-state index is 15.6. The fourth-order valence-corrected chi connectivity index (χ4v) is 6.46. The van der Waals surface area contributed by atoms with Gasteiger partial charge in [0.2, 0.25) is 11.8 Å². The smallest absolute Gasteiger partial charge is 0.262 e. The van der Waals surface area contributed by atoms with Gasteiger partial charge in [-0.05, 0) is 63.6 Å². The Bertz CT molecular complexity index is 2210. The third kappa shape index (κ3) is 7.07. The zero-order valence-electron chi connectivity index (χ0n) is 29.0. The summed E-state index contributed by atoms with van der Waals surface area (Å²) >= 11 is 0. The van der Waals surface area contributed by atoms with Gasteiger partial charge in [-0.15, -0.1) is 0 Å². The van der Waals surface area contributed by atoms with Crippen LogP contribution in [0.4, 0.5) is 10.1 Å². The summed E-state index contributed by atoms with van der Waals surface area (Å²) in [4.78, 5) is 73.6. The number of rotatable bonds is 13. The van der Waals surface area contributed by atoms with Crippen molar-refractivity contribution < 1.29 is 33.1 Å². The summed E-state index contributed by atoms with van der Waals surface area (Å²) in [5.41, 5.74) is 1.39. The molecule has 3 aromatic heterocycles. The number of halogens is 1. The second-order valence-electron chi connectivity index (χ2n) is 13.8. The lowest BCUT2D eigenvalue weighted by Gasteiger charge is -2.29. The van der Waals surface area contributed by atoms with Crippen molar-refractivity contribution in [2.75, 3.05) is 18.5 Å². The van der Waals surface area contributed by atoms with E-state index in [2.05, 4.69) is 37.1 Å². The van der Waals surface area contributed by atoms with Crippen molar-refractivity contribution in [1.29, 1.82) is 5.26 Å². The maximum atomic E-state index is 15.6. The molecule has 16 heteroatoms. The molecule has 15 nitrogen and oxygen atoms in total. The molecule has 0 spiro atoms. The number of hydrogen-bond donors (Lipinski definition) is 3. The second kappa shape index (κ2) is 14.2. The van der Waals surface area contributed by atoms with Crippen LogP contribution in [0.15, 0.2) is 48.9 Å². The molecule has 7 rings (SSSR count). The largest absolute Gasteiger partial charge is 0.382 e. The highest BCUT2D eigenvalue weighted by Crippen LogP contribution is 2.31. The number of hydrogen-bond acceptors (Lipinski definition) is 11. The zero-order valence-corrected chi connectivity index (χ0v) is 29.0. The van der Waals surface area contributed by atoms with Gasteiger partial charge in [-0.2, -0.15) is 15.0 Å². The lowest BCUT2D eigenvalue weighted by molar-refractivity contribution is -0.136. The second-order valence-corrected chi connectivity index (χ2v) is 13.8. The molecule has 3 N–H and O–H groups in total. The number of amides is 5. The highest BCUT2D eigenvalue weighted by atomic mass is 19.1. The Hall–Kier alpha value is -6.08. The Labute approximate surface area is 302 Å². The molecule has 2 atom stereocenters. The minimum atomic E-state index is -1.58. The minimum Gasteiger partial charge on any atom is -0.382 e. The van der Waals surface area contributed by atoms with Gasteiger partial charge in [0.05, 0.1) is 46.3 Å². The van der Waals surface area contributed by atoms with Crippen LogP contribution in [0.3, 0.4) is 0 Å². The first-order valence-electron chi connectivity index (χ1n) is 17.4. The van der Waals surface area contributed by atoms with E-state index >= 15 is 4.39 Å². The number of aromatic nitrogens is 4. The van der Waals surface area contributed by atoms with Crippen LogP contribution in [0, 0.1) is 11.3 Å². The van der Waals surface area contributed by atoms with E-state index in [1.165, 1.54) is 23.1 Å². The summed E-state index contributed by atoms with van der Waals surface area (Å²) in [6, 6.07) is 9.48. The van der Waals surface area contributed by atoms with Crippen LogP contribution < -0.4 is 16.0 Å². The third-order valence-corrected chi connectivity index (χ3v) is 9.64. The Morgan fingerprint density at radius 3 is 2.68 bits per heavy atom. The Balaban J connectivity index is 0.950. The highest BCUT2D eigenvalue weighted by molar-refractivity contribution is 6.24. The molecule has 0 radical (unpaired) electrons. The van der Waals surface area contributed by atoms with Gasteiger partial charge in [-0.3, -0.25) is 34.2 Å². The number of carbonyl (C=O) groups is 5. The van der Waals surface area contributed by atoms with E-state index in [1.807, 2.05) is 0 Å². The monoisotopic (exact) mass is 721 g/mol. The number of anilines is 1. The van der Waals surface area contributed by atoms with Crippen LogP contribution in [0.2, 0.25) is 0 Å². The molecule has 4 aromatic rings. The third-order valence-electron chi connectivity index (χ3n) is 9.64. The fraction of sp³-hybridized carbons (Fsp3) is 0.378. The number of piperidine rings is 1. The van der Waals surface area contributed by atoms with Crippen molar-refractivity contribution in [1.82, 2.24) is 35.3 Å². The molecular weight excluding hydrogens is 685 g/mol. The molecule has 1 aromatic carbocycles. The number of carbonyl (C=O) groups excluding carboxylic acids is 5. The van der Waals surface area contributed by atoms with Crippen molar-refractivity contribution in [2.45, 2.75) is 76.2 Å². The fourth-order valence-electron chi connectivity index (χ4n) is 6.46. The molecule has 0 bridgehead atoms. The first-order valence-corrected chi connectivity index (χ1v) is 17.4. The van der Waals surface area contributed by atoms with Crippen LogP contribution in [-0.2, 0) is 20.7 Å². The van der Waals surface area contributed by atoms with Gasteiger partial charge in [-0.25, -0.2) is 14.4 Å². The standard InChI is InChI=1S/C37H36FN9O6/c1-37(2,53-12-4-6-21-5-3-7-24-31(21)36(52)46(35(24)51)27-10-11-30(48)45-34(27)50)28(38)19-42-33(49)25-18-40-29(14-26(25)44-23-8-9-23)47-32-22(17-43-47)13-20(15-39)16-41-32/h3,5,7,13-14,16-18,23,27-28H,4,6,8-12,19H2,1-2H3,(H,40,44)(H,42,49)(H,45,48,50). The van der Waals surface area contributed by atoms with E-state index in [0.717, 1.165) is 17.7 Å².